The first-order chi connectivity index (χ1) is 8.37. The maximum absolute atomic E-state index is 10.8. The average Bonchev–Trinajstić information content (AvgIpc) is 2.30. The van der Waals surface area contributed by atoms with Crippen LogP contribution in [0.15, 0.2) is 12.7 Å². The Hall–Kier alpha value is -1.36. The number of quaternary nitrogens is 1. The first kappa shape index (κ1) is 16.6. The summed E-state index contributed by atoms with van der Waals surface area (Å²) in [6.45, 7) is 5.56. The highest BCUT2D eigenvalue weighted by molar-refractivity contribution is 5.81. The van der Waals surface area contributed by atoms with Crippen LogP contribution in [-0.2, 0) is 14.3 Å². The molecule has 0 heterocycles. The second-order valence-corrected chi connectivity index (χ2v) is 4.96. The fraction of sp³-hybridized carbons (Fsp3) is 0.692. The molecule has 1 N–H and O–H groups in total. The zero-order valence-electron chi connectivity index (χ0n) is 11.4. The summed E-state index contributed by atoms with van der Waals surface area (Å²) in [5, 5.41) is 8.53. The van der Waals surface area contributed by atoms with Crippen molar-refractivity contribution >= 4 is 11.9 Å². The van der Waals surface area contributed by atoms with Crippen molar-refractivity contribution in [3.63, 3.8) is 0 Å². The van der Waals surface area contributed by atoms with Gasteiger partial charge in [0.2, 0.25) is 0 Å². The molecule has 0 atom stereocenters. The number of carbonyl (C=O) groups excluding carboxylic acids is 1. The summed E-state index contributed by atoms with van der Waals surface area (Å²) < 4.78 is 5.71. The van der Waals surface area contributed by atoms with Crippen molar-refractivity contribution in [2.24, 2.45) is 0 Å². The quantitative estimate of drug-likeness (QED) is 0.279. The fourth-order valence-electron chi connectivity index (χ4n) is 1.65. The van der Waals surface area contributed by atoms with Crippen molar-refractivity contribution in [2.75, 3.05) is 33.8 Å². The highest BCUT2D eigenvalue weighted by Crippen LogP contribution is 2.05. The molecule has 0 saturated carbocycles. The van der Waals surface area contributed by atoms with E-state index in [9.17, 15) is 9.59 Å². The molecule has 5 nitrogen and oxygen atoms in total. The van der Waals surface area contributed by atoms with Gasteiger partial charge in [-0.3, -0.25) is 4.79 Å². The monoisotopic (exact) mass is 258 g/mol. The van der Waals surface area contributed by atoms with Crippen molar-refractivity contribution in [1.82, 2.24) is 0 Å². The maximum atomic E-state index is 10.8. The summed E-state index contributed by atoms with van der Waals surface area (Å²) in [7, 11) is 4.19. The Bertz CT molecular complexity index is 287. The first-order valence-corrected chi connectivity index (χ1v) is 6.20. The number of carboxylic acids is 1. The topological polar surface area (TPSA) is 63.6 Å². The molecule has 0 amide bonds. The fourth-order valence-corrected chi connectivity index (χ4v) is 1.65. The van der Waals surface area contributed by atoms with Gasteiger partial charge in [0.05, 0.1) is 33.8 Å². The van der Waals surface area contributed by atoms with Crippen LogP contribution in [0.3, 0.4) is 0 Å². The molecule has 0 aliphatic carbocycles. The maximum Gasteiger partial charge on any atom is 0.330 e. The number of esters is 1. The van der Waals surface area contributed by atoms with E-state index in [1.54, 1.807) is 0 Å². The third-order valence-corrected chi connectivity index (χ3v) is 2.72. The molecular weight excluding hydrogens is 234 g/mol. The standard InChI is InChI=1S/C13H23NO4/c1-4-13(17)18-11-7-10-14(2,3)9-6-5-8-12(15)16/h4H,1,5-11H2,2-3H3/p+1. The van der Waals surface area contributed by atoms with Crippen LogP contribution >= 0.6 is 0 Å². The van der Waals surface area contributed by atoms with E-state index in [-0.39, 0.29) is 12.4 Å². The Morgan fingerprint density at radius 3 is 2.39 bits per heavy atom. The molecule has 0 radical (unpaired) electrons. The second-order valence-electron chi connectivity index (χ2n) is 4.96. The second kappa shape index (κ2) is 8.69. The van der Waals surface area contributed by atoms with Gasteiger partial charge in [-0.2, -0.15) is 0 Å². The number of aliphatic carboxylic acids is 1. The van der Waals surface area contributed by atoms with Crippen LogP contribution < -0.4 is 0 Å². The van der Waals surface area contributed by atoms with E-state index in [1.807, 2.05) is 0 Å². The Labute approximate surface area is 109 Å². The molecule has 5 heteroatoms. The summed E-state index contributed by atoms with van der Waals surface area (Å²) in [4.78, 5) is 21.2. The minimum atomic E-state index is -0.739. The van der Waals surface area contributed by atoms with Crippen LogP contribution in [-0.4, -0.2) is 55.3 Å². The molecule has 0 spiro atoms. The normalized spacial score (nSPS) is 11.0. The highest BCUT2D eigenvalue weighted by Gasteiger charge is 2.14. The summed E-state index contributed by atoms with van der Waals surface area (Å²) in [6, 6.07) is 0. The van der Waals surface area contributed by atoms with Gasteiger partial charge in [0, 0.05) is 18.9 Å². The molecule has 0 aromatic rings. The van der Waals surface area contributed by atoms with Gasteiger partial charge in [0.25, 0.3) is 0 Å². The molecule has 104 valence electrons. The highest BCUT2D eigenvalue weighted by atomic mass is 16.5. The SMILES string of the molecule is C=CC(=O)OCCC[N+](C)(C)CCCCC(=O)O. The van der Waals surface area contributed by atoms with Gasteiger partial charge in [0.1, 0.15) is 0 Å². The molecule has 0 aromatic heterocycles. The number of unbranched alkanes of at least 4 members (excludes halogenated alkanes) is 1. The molecule has 0 rings (SSSR count). The first-order valence-electron chi connectivity index (χ1n) is 6.20. The predicted octanol–water partition coefficient (Wildman–Crippen LogP) is 1.44. The molecule has 0 aromatic carbocycles. The largest absolute Gasteiger partial charge is 0.481 e. The number of nitrogens with zero attached hydrogens (tertiary/aromatic N) is 1. The number of carboxylic acid groups (broad SMARTS) is 1. The zero-order chi connectivity index (χ0) is 14.0. The number of hydrogen-bond acceptors (Lipinski definition) is 3. The molecule has 0 bridgehead atoms. The van der Waals surface area contributed by atoms with E-state index >= 15 is 0 Å². The van der Waals surface area contributed by atoms with E-state index < -0.39 is 5.97 Å². The molecule has 0 fully saturated rings. The van der Waals surface area contributed by atoms with Gasteiger partial charge in [-0.15, -0.1) is 0 Å². The van der Waals surface area contributed by atoms with Crippen LogP contribution in [0.1, 0.15) is 25.7 Å². The van der Waals surface area contributed by atoms with Gasteiger partial charge in [-0.05, 0) is 12.8 Å². The van der Waals surface area contributed by atoms with Crippen LogP contribution in [0.5, 0.6) is 0 Å². The third-order valence-electron chi connectivity index (χ3n) is 2.72. The van der Waals surface area contributed by atoms with Gasteiger partial charge < -0.3 is 14.3 Å². The molecular formula is C13H24NO4+. The van der Waals surface area contributed by atoms with Crippen molar-refractivity contribution in [3.8, 4) is 0 Å². The smallest absolute Gasteiger partial charge is 0.330 e. The minimum Gasteiger partial charge on any atom is -0.481 e. The Morgan fingerprint density at radius 2 is 1.83 bits per heavy atom. The summed E-state index contributed by atoms with van der Waals surface area (Å²) >= 11 is 0. The van der Waals surface area contributed by atoms with Crippen LogP contribution in [0.2, 0.25) is 0 Å². The summed E-state index contributed by atoms with van der Waals surface area (Å²) in [5.74, 6) is -1.13. The molecule has 0 aliphatic rings. The molecule has 18 heavy (non-hydrogen) atoms. The van der Waals surface area contributed by atoms with Crippen LogP contribution in [0.4, 0.5) is 0 Å². The van der Waals surface area contributed by atoms with Crippen molar-refractivity contribution < 1.29 is 23.9 Å². The minimum absolute atomic E-state index is 0.233. The number of hydrogen-bond donors (Lipinski definition) is 1. The van der Waals surface area contributed by atoms with Crippen molar-refractivity contribution in [3.05, 3.63) is 12.7 Å². The number of carbonyl (C=O) groups is 2. The molecule has 0 saturated heterocycles. The summed E-state index contributed by atoms with van der Waals surface area (Å²) in [6.07, 6.45) is 3.79. The van der Waals surface area contributed by atoms with E-state index in [1.165, 1.54) is 0 Å². The van der Waals surface area contributed by atoms with Gasteiger partial charge >= 0.3 is 11.9 Å². The average molecular weight is 258 g/mol. The molecule has 0 aliphatic heterocycles. The van der Waals surface area contributed by atoms with E-state index in [0.717, 1.165) is 36.5 Å². The van der Waals surface area contributed by atoms with Crippen LogP contribution in [0.25, 0.3) is 0 Å². The van der Waals surface area contributed by atoms with Crippen molar-refractivity contribution in [1.29, 1.82) is 0 Å². The lowest BCUT2D eigenvalue weighted by Gasteiger charge is -2.29. The third kappa shape index (κ3) is 9.84. The van der Waals surface area contributed by atoms with E-state index in [2.05, 4.69) is 20.7 Å². The van der Waals surface area contributed by atoms with Crippen LogP contribution in [0, 0.1) is 0 Å². The number of ether oxygens (including phenoxy) is 1. The number of rotatable bonds is 10. The summed E-state index contributed by atoms with van der Waals surface area (Å²) in [5.41, 5.74) is 0. The van der Waals surface area contributed by atoms with Crippen molar-refractivity contribution in [2.45, 2.75) is 25.7 Å². The van der Waals surface area contributed by atoms with Gasteiger partial charge in [0.15, 0.2) is 0 Å². The van der Waals surface area contributed by atoms with E-state index in [4.69, 9.17) is 9.84 Å². The Morgan fingerprint density at radius 1 is 1.22 bits per heavy atom. The lowest BCUT2D eigenvalue weighted by atomic mass is 10.2. The lowest BCUT2D eigenvalue weighted by molar-refractivity contribution is -0.890. The molecule has 0 unspecified atom stereocenters. The van der Waals surface area contributed by atoms with E-state index in [0.29, 0.717) is 13.0 Å². The lowest BCUT2D eigenvalue weighted by Crippen LogP contribution is -2.41. The zero-order valence-corrected chi connectivity index (χ0v) is 11.4. The van der Waals surface area contributed by atoms with Gasteiger partial charge in [-0.1, -0.05) is 6.58 Å². The Balaban J connectivity index is 3.63. The predicted molar refractivity (Wildman–Crippen MR) is 69.1 cm³/mol. The Kier molecular flexibility index (Phi) is 8.03. The van der Waals surface area contributed by atoms with Gasteiger partial charge in [-0.25, -0.2) is 4.79 Å².